The van der Waals surface area contributed by atoms with Crippen LogP contribution in [0.3, 0.4) is 0 Å². The molecule has 0 aliphatic rings. The van der Waals surface area contributed by atoms with E-state index in [2.05, 4.69) is 0 Å². The van der Waals surface area contributed by atoms with E-state index in [-0.39, 0.29) is 18.6 Å². The number of ether oxygens (including phenoxy) is 1. The highest BCUT2D eigenvalue weighted by atomic mass is 35.5. The van der Waals surface area contributed by atoms with Gasteiger partial charge in [0.1, 0.15) is 5.75 Å². The molecule has 0 saturated carbocycles. The van der Waals surface area contributed by atoms with Crippen LogP contribution in [0.1, 0.15) is 23.2 Å². The van der Waals surface area contributed by atoms with E-state index in [4.69, 9.17) is 22.1 Å². The number of halogens is 1. The largest absolute Gasteiger partial charge is 0.495 e. The van der Waals surface area contributed by atoms with Crippen molar-refractivity contribution >= 4 is 23.3 Å². The Morgan fingerprint density at radius 1 is 1.38 bits per heavy atom. The second-order valence-corrected chi connectivity index (χ2v) is 3.65. The third-order valence-corrected chi connectivity index (χ3v) is 2.37. The first kappa shape index (κ1) is 12.5. The summed E-state index contributed by atoms with van der Waals surface area (Å²) in [5.41, 5.74) is 5.41. The first-order chi connectivity index (χ1) is 7.54. The van der Waals surface area contributed by atoms with Gasteiger partial charge in [-0.15, -0.1) is 0 Å². The lowest BCUT2D eigenvalue weighted by molar-refractivity contribution is -0.118. The van der Waals surface area contributed by atoms with E-state index < -0.39 is 5.91 Å². The van der Waals surface area contributed by atoms with Crippen molar-refractivity contribution in [1.29, 1.82) is 0 Å². The summed E-state index contributed by atoms with van der Waals surface area (Å²) >= 11 is 5.87. The minimum absolute atomic E-state index is 0.0441. The zero-order chi connectivity index (χ0) is 12.1. The number of benzene rings is 1. The molecule has 0 saturated heterocycles. The van der Waals surface area contributed by atoms with Crippen LogP contribution in [-0.2, 0) is 4.79 Å². The van der Waals surface area contributed by atoms with Crippen LogP contribution in [0, 0.1) is 0 Å². The molecule has 0 fully saturated rings. The first-order valence-corrected chi connectivity index (χ1v) is 5.07. The van der Waals surface area contributed by atoms with Gasteiger partial charge in [0.05, 0.1) is 12.1 Å². The van der Waals surface area contributed by atoms with Gasteiger partial charge in [-0.05, 0) is 18.2 Å². The van der Waals surface area contributed by atoms with E-state index in [1.165, 1.54) is 13.2 Å². The number of hydrogen-bond donors (Lipinski definition) is 1. The lowest BCUT2D eigenvalue weighted by atomic mass is 10.1. The smallest absolute Gasteiger partial charge is 0.217 e. The first-order valence-electron chi connectivity index (χ1n) is 4.69. The number of hydrogen-bond acceptors (Lipinski definition) is 3. The van der Waals surface area contributed by atoms with Gasteiger partial charge in [-0.2, -0.15) is 0 Å². The molecule has 1 rings (SSSR count). The van der Waals surface area contributed by atoms with E-state index >= 15 is 0 Å². The SMILES string of the molecule is COc1ccc(C(=O)CCC(N)=O)cc1Cl. The number of methoxy groups -OCH3 is 1. The van der Waals surface area contributed by atoms with Crippen LogP contribution in [0.5, 0.6) is 5.75 Å². The maximum absolute atomic E-state index is 11.6. The Morgan fingerprint density at radius 3 is 2.56 bits per heavy atom. The van der Waals surface area contributed by atoms with Gasteiger partial charge in [0.15, 0.2) is 5.78 Å². The zero-order valence-corrected chi connectivity index (χ0v) is 9.58. The van der Waals surface area contributed by atoms with Gasteiger partial charge >= 0.3 is 0 Å². The summed E-state index contributed by atoms with van der Waals surface area (Å²) < 4.78 is 4.96. The average molecular weight is 242 g/mol. The van der Waals surface area contributed by atoms with Crippen LogP contribution in [0.4, 0.5) is 0 Å². The van der Waals surface area contributed by atoms with Gasteiger partial charge in [-0.25, -0.2) is 0 Å². The number of Topliss-reactive ketones (excluding diaryl/α,β-unsaturated/α-hetero) is 1. The van der Waals surface area contributed by atoms with Gasteiger partial charge in [0.2, 0.25) is 5.91 Å². The van der Waals surface area contributed by atoms with Crippen LogP contribution in [-0.4, -0.2) is 18.8 Å². The fourth-order valence-corrected chi connectivity index (χ4v) is 1.48. The molecule has 16 heavy (non-hydrogen) atoms. The van der Waals surface area contributed by atoms with Crippen LogP contribution in [0.15, 0.2) is 18.2 Å². The van der Waals surface area contributed by atoms with Crippen molar-refractivity contribution in [2.45, 2.75) is 12.8 Å². The number of nitrogens with two attached hydrogens (primary N) is 1. The molecule has 86 valence electrons. The summed E-state index contributed by atoms with van der Waals surface area (Å²) in [5.74, 6) is -0.149. The fraction of sp³-hybridized carbons (Fsp3) is 0.273. The normalized spacial score (nSPS) is 9.88. The Hall–Kier alpha value is -1.55. The lowest BCUT2D eigenvalue weighted by Gasteiger charge is -2.04. The zero-order valence-electron chi connectivity index (χ0n) is 8.83. The van der Waals surface area contributed by atoms with E-state index in [0.717, 1.165) is 0 Å². The van der Waals surface area contributed by atoms with Crippen LogP contribution in [0.25, 0.3) is 0 Å². The van der Waals surface area contributed by atoms with E-state index in [0.29, 0.717) is 16.3 Å². The molecule has 0 heterocycles. The molecule has 0 bridgehead atoms. The van der Waals surface area contributed by atoms with Crippen LogP contribution < -0.4 is 10.5 Å². The van der Waals surface area contributed by atoms with Crippen molar-refractivity contribution in [2.24, 2.45) is 5.73 Å². The molecule has 0 aliphatic heterocycles. The molecular weight excluding hydrogens is 230 g/mol. The number of primary amides is 1. The van der Waals surface area contributed by atoms with Crippen molar-refractivity contribution in [1.82, 2.24) is 0 Å². The third-order valence-electron chi connectivity index (χ3n) is 2.07. The molecule has 1 aromatic rings. The third kappa shape index (κ3) is 3.24. The highest BCUT2D eigenvalue weighted by Crippen LogP contribution is 2.25. The molecule has 4 nitrogen and oxygen atoms in total. The Kier molecular flexibility index (Phi) is 4.31. The Balaban J connectivity index is 2.77. The molecule has 0 aliphatic carbocycles. The molecule has 0 aromatic heterocycles. The summed E-state index contributed by atoms with van der Waals surface area (Å²) in [5, 5.41) is 0.368. The topological polar surface area (TPSA) is 69.4 Å². The molecule has 0 spiro atoms. The maximum atomic E-state index is 11.6. The summed E-state index contributed by atoms with van der Waals surface area (Å²) in [6.07, 6.45) is 0.139. The molecule has 2 N–H and O–H groups in total. The summed E-state index contributed by atoms with van der Waals surface area (Å²) in [7, 11) is 1.50. The molecular formula is C11H12ClNO3. The lowest BCUT2D eigenvalue weighted by Crippen LogP contribution is -2.12. The standard InChI is InChI=1S/C11H12ClNO3/c1-16-10-4-2-7(6-8(10)12)9(14)3-5-11(13)15/h2,4,6H,3,5H2,1H3,(H2,13,15). The van der Waals surface area contributed by atoms with E-state index in [9.17, 15) is 9.59 Å². The Labute approximate surface area is 98.3 Å². The second kappa shape index (κ2) is 5.51. The molecule has 1 aromatic carbocycles. The minimum atomic E-state index is -0.493. The van der Waals surface area contributed by atoms with Crippen molar-refractivity contribution < 1.29 is 14.3 Å². The predicted molar refractivity (Wildman–Crippen MR) is 60.8 cm³/mol. The quantitative estimate of drug-likeness (QED) is 0.799. The molecule has 1 amide bonds. The van der Waals surface area contributed by atoms with E-state index in [1.54, 1.807) is 12.1 Å². The molecule has 5 heteroatoms. The fourth-order valence-electron chi connectivity index (χ4n) is 1.22. The number of rotatable bonds is 5. The van der Waals surface area contributed by atoms with Crippen molar-refractivity contribution in [2.75, 3.05) is 7.11 Å². The summed E-state index contributed by atoms with van der Waals surface area (Å²) in [6.45, 7) is 0. The number of carbonyl (C=O) groups excluding carboxylic acids is 2. The number of ketones is 1. The van der Waals surface area contributed by atoms with Gasteiger partial charge < -0.3 is 10.5 Å². The number of amides is 1. The maximum Gasteiger partial charge on any atom is 0.217 e. The van der Waals surface area contributed by atoms with Gasteiger partial charge in [-0.1, -0.05) is 11.6 Å². The monoisotopic (exact) mass is 241 g/mol. The highest BCUT2D eigenvalue weighted by molar-refractivity contribution is 6.32. The molecule has 0 unspecified atom stereocenters. The molecule has 0 radical (unpaired) electrons. The Morgan fingerprint density at radius 2 is 2.06 bits per heavy atom. The van der Waals surface area contributed by atoms with Crippen molar-refractivity contribution in [3.05, 3.63) is 28.8 Å². The van der Waals surface area contributed by atoms with Crippen molar-refractivity contribution in [3.63, 3.8) is 0 Å². The van der Waals surface area contributed by atoms with Crippen LogP contribution >= 0.6 is 11.6 Å². The molecule has 0 atom stereocenters. The van der Waals surface area contributed by atoms with Gasteiger partial charge in [-0.3, -0.25) is 9.59 Å². The van der Waals surface area contributed by atoms with Gasteiger partial charge in [0, 0.05) is 18.4 Å². The Bertz CT molecular complexity index is 418. The second-order valence-electron chi connectivity index (χ2n) is 3.24. The highest BCUT2D eigenvalue weighted by Gasteiger charge is 2.10. The predicted octanol–water partition coefficient (Wildman–Crippen LogP) is 1.80. The van der Waals surface area contributed by atoms with Crippen LogP contribution in [0.2, 0.25) is 5.02 Å². The summed E-state index contributed by atoms with van der Waals surface area (Å²) in [4.78, 5) is 22.1. The number of carbonyl (C=O) groups is 2. The summed E-state index contributed by atoms with van der Waals surface area (Å²) in [6, 6.07) is 4.73. The average Bonchev–Trinajstić information content (AvgIpc) is 2.25. The van der Waals surface area contributed by atoms with Crippen molar-refractivity contribution in [3.8, 4) is 5.75 Å². The van der Waals surface area contributed by atoms with E-state index in [1.807, 2.05) is 0 Å². The minimum Gasteiger partial charge on any atom is -0.495 e. The van der Waals surface area contributed by atoms with Gasteiger partial charge in [0.25, 0.3) is 0 Å².